The molecule has 0 radical (unpaired) electrons. The molecule has 0 aliphatic heterocycles. The quantitative estimate of drug-likeness (QED) is 0.261. The van der Waals surface area contributed by atoms with Gasteiger partial charge in [0.2, 0.25) is 0 Å². The molecule has 1 aromatic heterocycles. The molecule has 8 heteroatoms. The first kappa shape index (κ1) is 19.6. The molecule has 0 aliphatic carbocycles. The molecule has 3 rings (SSSR count). The lowest BCUT2D eigenvalue weighted by Gasteiger charge is -2.10. The lowest BCUT2D eigenvalue weighted by molar-refractivity contribution is -0.385. The molecular formula is C20H17ClN2O5. The number of halogens is 1. The van der Waals surface area contributed by atoms with E-state index in [1.54, 1.807) is 6.07 Å². The molecule has 0 saturated carbocycles. The maximum absolute atomic E-state index is 12.0. The van der Waals surface area contributed by atoms with Gasteiger partial charge in [-0.25, -0.2) is 9.78 Å². The van der Waals surface area contributed by atoms with Crippen molar-refractivity contribution in [2.75, 3.05) is 6.61 Å². The zero-order valence-corrected chi connectivity index (χ0v) is 16.0. The number of hydrogen-bond donors (Lipinski definition) is 0. The summed E-state index contributed by atoms with van der Waals surface area (Å²) in [6.45, 7) is 3.44. The van der Waals surface area contributed by atoms with Crippen molar-refractivity contribution in [3.63, 3.8) is 0 Å². The van der Waals surface area contributed by atoms with Crippen LogP contribution in [0, 0.1) is 24.0 Å². The van der Waals surface area contributed by atoms with Gasteiger partial charge in [0.15, 0.2) is 12.4 Å². The molecule has 0 unspecified atom stereocenters. The Hall–Kier alpha value is -3.19. The summed E-state index contributed by atoms with van der Waals surface area (Å²) in [5.41, 5.74) is 3.31. The lowest BCUT2D eigenvalue weighted by Crippen LogP contribution is -2.15. The highest BCUT2D eigenvalue weighted by Gasteiger charge is 2.16. The first-order valence-electron chi connectivity index (χ1n) is 8.44. The van der Waals surface area contributed by atoms with E-state index in [1.165, 1.54) is 18.2 Å². The van der Waals surface area contributed by atoms with Crippen LogP contribution in [0.5, 0.6) is 5.75 Å². The summed E-state index contributed by atoms with van der Waals surface area (Å²) in [5.74, 6) is -0.671. The molecule has 0 spiro atoms. The highest BCUT2D eigenvalue weighted by atomic mass is 35.5. The minimum atomic E-state index is -0.672. The molecule has 0 atom stereocenters. The number of para-hydroxylation sites is 2. The summed E-state index contributed by atoms with van der Waals surface area (Å²) in [7, 11) is 0. The van der Waals surface area contributed by atoms with Gasteiger partial charge in [-0.15, -0.1) is 0 Å². The monoisotopic (exact) mass is 400 g/mol. The van der Waals surface area contributed by atoms with E-state index in [4.69, 9.17) is 21.1 Å². The summed E-state index contributed by atoms with van der Waals surface area (Å²) >= 11 is 6.23. The first-order valence-corrected chi connectivity index (χ1v) is 8.82. The van der Waals surface area contributed by atoms with E-state index in [2.05, 4.69) is 4.98 Å². The third-order valence-corrected chi connectivity index (χ3v) is 4.66. The van der Waals surface area contributed by atoms with Crippen molar-refractivity contribution in [3.8, 4) is 5.75 Å². The van der Waals surface area contributed by atoms with Gasteiger partial charge in [0.1, 0.15) is 11.8 Å². The number of hydrogen-bond acceptors (Lipinski definition) is 6. The van der Waals surface area contributed by atoms with Crippen LogP contribution in [0.3, 0.4) is 0 Å². The fourth-order valence-corrected chi connectivity index (χ4v) is 2.87. The maximum atomic E-state index is 12.0. The molecule has 1 heterocycles. The van der Waals surface area contributed by atoms with E-state index in [0.29, 0.717) is 5.56 Å². The van der Waals surface area contributed by atoms with E-state index >= 15 is 0 Å². The number of esters is 1. The number of carbonyl (C=O) groups excluding carboxylic acids is 1. The third kappa shape index (κ3) is 4.20. The summed E-state index contributed by atoms with van der Waals surface area (Å²) in [6, 6.07) is 11.6. The zero-order valence-electron chi connectivity index (χ0n) is 15.3. The van der Waals surface area contributed by atoms with Crippen LogP contribution in [0.2, 0.25) is 5.15 Å². The second-order valence-corrected chi connectivity index (χ2v) is 6.55. The second kappa shape index (κ2) is 8.22. The van der Waals surface area contributed by atoms with Crippen LogP contribution in [-0.4, -0.2) is 22.5 Å². The lowest BCUT2D eigenvalue weighted by atomic mass is 10.0. The molecular weight excluding hydrogens is 384 g/mol. The minimum Gasteiger partial charge on any atom is -0.475 e. The van der Waals surface area contributed by atoms with Gasteiger partial charge >= 0.3 is 11.7 Å². The van der Waals surface area contributed by atoms with Gasteiger partial charge in [-0.1, -0.05) is 35.9 Å². The SMILES string of the molecule is Cc1ccc2cc(COC(=O)COc3ccccc3[N+](=O)[O-])c(Cl)nc2c1C. The van der Waals surface area contributed by atoms with E-state index in [0.717, 1.165) is 22.0 Å². The van der Waals surface area contributed by atoms with Gasteiger partial charge < -0.3 is 9.47 Å². The zero-order chi connectivity index (χ0) is 20.3. The van der Waals surface area contributed by atoms with Crippen molar-refractivity contribution in [1.82, 2.24) is 4.98 Å². The van der Waals surface area contributed by atoms with E-state index in [1.807, 2.05) is 32.0 Å². The minimum absolute atomic E-state index is 0.000647. The molecule has 0 aliphatic rings. The van der Waals surface area contributed by atoms with Crippen molar-refractivity contribution in [1.29, 1.82) is 0 Å². The number of benzene rings is 2. The average Bonchev–Trinajstić information content (AvgIpc) is 2.68. The van der Waals surface area contributed by atoms with Crippen LogP contribution < -0.4 is 4.74 Å². The molecule has 0 saturated heterocycles. The Morgan fingerprint density at radius 3 is 2.71 bits per heavy atom. The van der Waals surface area contributed by atoms with Crippen LogP contribution in [0.1, 0.15) is 16.7 Å². The second-order valence-electron chi connectivity index (χ2n) is 6.19. The Morgan fingerprint density at radius 1 is 1.21 bits per heavy atom. The van der Waals surface area contributed by atoms with Crippen LogP contribution >= 0.6 is 11.6 Å². The van der Waals surface area contributed by atoms with Gasteiger partial charge in [0.05, 0.1) is 10.4 Å². The Labute approximate surface area is 166 Å². The molecule has 0 amide bonds. The summed E-state index contributed by atoms with van der Waals surface area (Å²) in [4.78, 5) is 26.7. The number of fused-ring (bicyclic) bond motifs is 1. The molecule has 7 nitrogen and oxygen atoms in total. The normalized spacial score (nSPS) is 10.7. The summed E-state index contributed by atoms with van der Waals surface area (Å²) in [5, 5.41) is 12.1. The Kier molecular flexibility index (Phi) is 5.75. The molecule has 3 aromatic rings. The molecule has 28 heavy (non-hydrogen) atoms. The Bertz CT molecular complexity index is 1070. The van der Waals surface area contributed by atoms with Gasteiger partial charge in [-0.2, -0.15) is 0 Å². The van der Waals surface area contributed by atoms with Crippen LogP contribution in [0.15, 0.2) is 42.5 Å². The number of ether oxygens (including phenoxy) is 2. The standard InChI is InChI=1S/C20H17ClN2O5/c1-12-7-8-14-9-15(20(21)22-19(14)13(12)2)10-28-18(24)11-27-17-6-4-3-5-16(17)23(25)26/h3-9H,10-11H2,1-2H3. The molecule has 0 N–H and O–H groups in total. The van der Waals surface area contributed by atoms with Crippen molar-refractivity contribution in [2.45, 2.75) is 20.5 Å². The van der Waals surface area contributed by atoms with Crippen molar-refractivity contribution in [2.24, 2.45) is 0 Å². The largest absolute Gasteiger partial charge is 0.475 e. The molecule has 0 fully saturated rings. The number of carbonyl (C=O) groups is 1. The average molecular weight is 401 g/mol. The van der Waals surface area contributed by atoms with E-state index < -0.39 is 17.5 Å². The smallest absolute Gasteiger partial charge is 0.344 e. The summed E-state index contributed by atoms with van der Waals surface area (Å²) < 4.78 is 10.4. The topological polar surface area (TPSA) is 91.6 Å². The van der Waals surface area contributed by atoms with E-state index in [9.17, 15) is 14.9 Å². The fraction of sp³-hybridized carbons (Fsp3) is 0.200. The van der Waals surface area contributed by atoms with Crippen molar-refractivity contribution < 1.29 is 19.2 Å². The number of aryl methyl sites for hydroxylation is 2. The predicted octanol–water partition coefficient (Wildman–Crippen LogP) is 4.54. The molecule has 144 valence electrons. The highest BCUT2D eigenvalue weighted by molar-refractivity contribution is 6.30. The van der Waals surface area contributed by atoms with Crippen LogP contribution in [-0.2, 0) is 16.1 Å². The molecule has 2 aromatic carbocycles. The van der Waals surface area contributed by atoms with Gasteiger partial charge in [-0.05, 0) is 37.1 Å². The number of nitro benzene ring substituents is 1. The van der Waals surface area contributed by atoms with E-state index in [-0.39, 0.29) is 23.2 Å². The predicted molar refractivity (Wildman–Crippen MR) is 105 cm³/mol. The first-order chi connectivity index (χ1) is 13.4. The number of rotatable bonds is 6. The Balaban J connectivity index is 1.66. The van der Waals surface area contributed by atoms with Gasteiger partial charge in [0.25, 0.3) is 0 Å². The van der Waals surface area contributed by atoms with Crippen molar-refractivity contribution in [3.05, 3.63) is 74.4 Å². The van der Waals surface area contributed by atoms with Crippen LogP contribution in [0.4, 0.5) is 5.69 Å². The number of nitrogens with zero attached hydrogens (tertiary/aromatic N) is 2. The van der Waals surface area contributed by atoms with Gasteiger partial charge in [0, 0.05) is 17.0 Å². The summed E-state index contributed by atoms with van der Waals surface area (Å²) in [6.07, 6.45) is 0. The fourth-order valence-electron chi connectivity index (χ4n) is 2.67. The molecule has 0 bridgehead atoms. The van der Waals surface area contributed by atoms with Gasteiger partial charge in [-0.3, -0.25) is 10.1 Å². The maximum Gasteiger partial charge on any atom is 0.344 e. The highest BCUT2D eigenvalue weighted by Crippen LogP contribution is 2.27. The van der Waals surface area contributed by atoms with Crippen LogP contribution in [0.25, 0.3) is 10.9 Å². The number of aromatic nitrogens is 1. The van der Waals surface area contributed by atoms with Crippen molar-refractivity contribution >= 4 is 34.2 Å². The Morgan fingerprint density at radius 2 is 1.96 bits per heavy atom. The number of pyridine rings is 1. The third-order valence-electron chi connectivity index (χ3n) is 4.33. The number of nitro groups is 1.